The van der Waals surface area contributed by atoms with Crippen LogP contribution < -0.4 is 4.74 Å². The van der Waals surface area contributed by atoms with Crippen LogP contribution in [0.2, 0.25) is 0 Å². The number of rotatable bonds is 4. The summed E-state index contributed by atoms with van der Waals surface area (Å²) >= 11 is 0. The van der Waals surface area contributed by atoms with Gasteiger partial charge in [0.2, 0.25) is 0 Å². The van der Waals surface area contributed by atoms with Gasteiger partial charge in [0.1, 0.15) is 11.4 Å². The van der Waals surface area contributed by atoms with Crippen LogP contribution in [0, 0.1) is 0 Å². The van der Waals surface area contributed by atoms with E-state index in [4.69, 9.17) is 9.26 Å². The molecule has 126 valence electrons. The third kappa shape index (κ3) is 3.39. The molecule has 0 spiro atoms. The van der Waals surface area contributed by atoms with Crippen molar-refractivity contribution in [3.05, 3.63) is 96.6 Å². The standard InChI is InChI=1S/C22H15NO3/c24-22(18-9-5-2-6-10-18)25-19-13-11-16(12-14-19)20-15-21(26-23-20)17-7-3-1-4-8-17/h1-15H. The second-order valence-corrected chi connectivity index (χ2v) is 5.72. The summed E-state index contributed by atoms with van der Waals surface area (Å²) < 4.78 is 10.8. The van der Waals surface area contributed by atoms with Crippen molar-refractivity contribution >= 4 is 5.97 Å². The van der Waals surface area contributed by atoms with Crippen molar-refractivity contribution in [2.45, 2.75) is 0 Å². The van der Waals surface area contributed by atoms with Gasteiger partial charge in [-0.2, -0.15) is 0 Å². The largest absolute Gasteiger partial charge is 0.423 e. The van der Waals surface area contributed by atoms with Gasteiger partial charge in [0.25, 0.3) is 0 Å². The molecule has 0 aliphatic rings. The minimum absolute atomic E-state index is 0.383. The predicted molar refractivity (Wildman–Crippen MR) is 98.8 cm³/mol. The fourth-order valence-corrected chi connectivity index (χ4v) is 2.58. The highest BCUT2D eigenvalue weighted by Gasteiger charge is 2.10. The maximum Gasteiger partial charge on any atom is 0.343 e. The molecule has 0 N–H and O–H groups in total. The van der Waals surface area contributed by atoms with Gasteiger partial charge in [0.05, 0.1) is 5.56 Å². The number of hydrogen-bond acceptors (Lipinski definition) is 4. The van der Waals surface area contributed by atoms with Crippen LogP contribution in [0.4, 0.5) is 0 Å². The van der Waals surface area contributed by atoms with Crippen LogP contribution in [0.5, 0.6) is 5.75 Å². The lowest BCUT2D eigenvalue weighted by molar-refractivity contribution is 0.0735. The van der Waals surface area contributed by atoms with Crippen LogP contribution in [0.15, 0.2) is 95.5 Å². The van der Waals surface area contributed by atoms with E-state index in [1.807, 2.05) is 54.6 Å². The average molecular weight is 341 g/mol. The molecule has 4 aromatic rings. The Morgan fingerprint density at radius 3 is 2.12 bits per heavy atom. The van der Waals surface area contributed by atoms with E-state index in [-0.39, 0.29) is 5.97 Å². The van der Waals surface area contributed by atoms with Crippen molar-refractivity contribution in [2.24, 2.45) is 0 Å². The normalized spacial score (nSPS) is 10.5. The van der Waals surface area contributed by atoms with Crippen LogP contribution >= 0.6 is 0 Å². The van der Waals surface area contributed by atoms with E-state index in [0.717, 1.165) is 16.8 Å². The Hall–Kier alpha value is -3.66. The number of aromatic nitrogens is 1. The molecule has 0 saturated heterocycles. The average Bonchev–Trinajstić information content (AvgIpc) is 3.20. The second kappa shape index (κ2) is 7.07. The lowest BCUT2D eigenvalue weighted by Gasteiger charge is -2.04. The van der Waals surface area contributed by atoms with Crippen LogP contribution in [0.3, 0.4) is 0 Å². The topological polar surface area (TPSA) is 52.3 Å². The van der Waals surface area contributed by atoms with Crippen molar-refractivity contribution in [3.63, 3.8) is 0 Å². The summed E-state index contributed by atoms with van der Waals surface area (Å²) in [6.07, 6.45) is 0. The highest BCUT2D eigenvalue weighted by molar-refractivity contribution is 5.91. The molecule has 0 aliphatic heterocycles. The Morgan fingerprint density at radius 2 is 1.42 bits per heavy atom. The number of benzene rings is 3. The van der Waals surface area contributed by atoms with Crippen LogP contribution in [-0.4, -0.2) is 11.1 Å². The number of ether oxygens (including phenoxy) is 1. The van der Waals surface area contributed by atoms with Crippen molar-refractivity contribution < 1.29 is 14.1 Å². The molecule has 0 amide bonds. The third-order valence-corrected chi connectivity index (χ3v) is 3.94. The Morgan fingerprint density at radius 1 is 0.769 bits per heavy atom. The molecule has 1 heterocycles. The summed E-state index contributed by atoms with van der Waals surface area (Å²) in [4.78, 5) is 12.1. The summed E-state index contributed by atoms with van der Waals surface area (Å²) in [6.45, 7) is 0. The summed E-state index contributed by atoms with van der Waals surface area (Å²) in [7, 11) is 0. The van der Waals surface area contributed by atoms with Crippen molar-refractivity contribution in [3.8, 4) is 28.3 Å². The fraction of sp³-hybridized carbons (Fsp3) is 0. The van der Waals surface area contributed by atoms with Gasteiger partial charge in [-0.15, -0.1) is 0 Å². The Kier molecular flexibility index (Phi) is 4.31. The van der Waals surface area contributed by atoms with E-state index in [1.165, 1.54) is 0 Å². The summed E-state index contributed by atoms with van der Waals surface area (Å²) in [6, 6.07) is 27.8. The number of carbonyl (C=O) groups excluding carboxylic acids is 1. The zero-order valence-corrected chi connectivity index (χ0v) is 13.8. The molecule has 4 rings (SSSR count). The Labute approximate surface area is 150 Å². The zero-order valence-electron chi connectivity index (χ0n) is 13.8. The smallest absolute Gasteiger partial charge is 0.343 e. The van der Waals surface area contributed by atoms with Gasteiger partial charge in [0.15, 0.2) is 5.76 Å². The summed E-state index contributed by atoms with van der Waals surface area (Å²) in [5.74, 6) is 0.806. The zero-order chi connectivity index (χ0) is 17.8. The molecule has 0 radical (unpaired) electrons. The molecule has 3 aromatic carbocycles. The lowest BCUT2D eigenvalue weighted by Crippen LogP contribution is -2.07. The monoisotopic (exact) mass is 341 g/mol. The highest BCUT2D eigenvalue weighted by Crippen LogP contribution is 2.27. The molecule has 0 unspecified atom stereocenters. The van der Waals surface area contributed by atoms with Gasteiger partial charge in [-0.1, -0.05) is 53.7 Å². The first kappa shape index (κ1) is 15.8. The fourth-order valence-electron chi connectivity index (χ4n) is 2.58. The van der Waals surface area contributed by atoms with Crippen LogP contribution in [0.25, 0.3) is 22.6 Å². The number of nitrogens with zero attached hydrogens (tertiary/aromatic N) is 1. The Balaban J connectivity index is 1.50. The molecule has 0 saturated carbocycles. The minimum atomic E-state index is -0.383. The molecular weight excluding hydrogens is 326 g/mol. The SMILES string of the molecule is O=C(Oc1ccc(-c2cc(-c3ccccc3)on2)cc1)c1ccccc1. The van der Waals surface area contributed by atoms with E-state index in [2.05, 4.69) is 5.16 Å². The highest BCUT2D eigenvalue weighted by atomic mass is 16.5. The second-order valence-electron chi connectivity index (χ2n) is 5.72. The molecule has 0 aliphatic carbocycles. The van der Waals surface area contributed by atoms with Crippen molar-refractivity contribution in [1.82, 2.24) is 5.16 Å². The van der Waals surface area contributed by atoms with Gasteiger partial charge in [-0.05, 0) is 36.4 Å². The van der Waals surface area contributed by atoms with Gasteiger partial charge >= 0.3 is 5.97 Å². The Bertz CT molecular complexity index is 1010. The summed E-state index contributed by atoms with van der Waals surface area (Å²) in [5.41, 5.74) is 3.10. The first-order chi connectivity index (χ1) is 12.8. The minimum Gasteiger partial charge on any atom is -0.423 e. The van der Waals surface area contributed by atoms with Crippen LogP contribution in [-0.2, 0) is 0 Å². The molecule has 26 heavy (non-hydrogen) atoms. The van der Waals surface area contributed by atoms with Crippen LogP contribution in [0.1, 0.15) is 10.4 Å². The van der Waals surface area contributed by atoms with E-state index < -0.39 is 0 Å². The molecule has 1 aromatic heterocycles. The quantitative estimate of drug-likeness (QED) is 0.377. The number of hydrogen-bond donors (Lipinski definition) is 0. The molecule has 0 fully saturated rings. The lowest BCUT2D eigenvalue weighted by atomic mass is 10.1. The van der Waals surface area contributed by atoms with Gasteiger partial charge < -0.3 is 9.26 Å². The third-order valence-electron chi connectivity index (χ3n) is 3.94. The first-order valence-electron chi connectivity index (χ1n) is 8.19. The maximum atomic E-state index is 12.1. The summed E-state index contributed by atoms with van der Waals surface area (Å²) in [5, 5.41) is 4.12. The van der Waals surface area contributed by atoms with E-state index in [1.54, 1.807) is 36.4 Å². The van der Waals surface area contributed by atoms with Gasteiger partial charge in [-0.25, -0.2) is 4.79 Å². The van der Waals surface area contributed by atoms with Gasteiger partial charge in [-0.3, -0.25) is 0 Å². The molecular formula is C22H15NO3. The molecule has 4 nitrogen and oxygen atoms in total. The van der Waals surface area contributed by atoms with Crippen molar-refractivity contribution in [1.29, 1.82) is 0 Å². The number of esters is 1. The number of carbonyl (C=O) groups is 1. The molecule has 0 bridgehead atoms. The molecule has 0 atom stereocenters. The van der Waals surface area contributed by atoms with E-state index >= 15 is 0 Å². The maximum absolute atomic E-state index is 12.1. The molecule has 4 heteroatoms. The first-order valence-corrected chi connectivity index (χ1v) is 8.19. The van der Waals surface area contributed by atoms with Gasteiger partial charge in [0, 0.05) is 17.2 Å². The van der Waals surface area contributed by atoms with E-state index in [9.17, 15) is 4.79 Å². The van der Waals surface area contributed by atoms with Crippen molar-refractivity contribution in [2.75, 3.05) is 0 Å². The van der Waals surface area contributed by atoms with E-state index in [0.29, 0.717) is 17.1 Å². The predicted octanol–water partition coefficient (Wildman–Crippen LogP) is 5.23.